The zero-order valence-electron chi connectivity index (χ0n) is 15.6. The Morgan fingerprint density at radius 2 is 2.00 bits per heavy atom. The molecule has 0 radical (unpaired) electrons. The summed E-state index contributed by atoms with van der Waals surface area (Å²) in [6.07, 6.45) is 1.46. The van der Waals surface area contributed by atoms with Gasteiger partial charge in [0.05, 0.1) is 16.5 Å². The number of ether oxygens (including phenoxy) is 1. The first kappa shape index (κ1) is 21.5. The van der Waals surface area contributed by atoms with Crippen molar-refractivity contribution in [3.63, 3.8) is 0 Å². The van der Waals surface area contributed by atoms with Gasteiger partial charge >= 0.3 is 5.97 Å². The first-order valence-electron chi connectivity index (χ1n) is 8.71. The monoisotopic (exact) mass is 453 g/mol. The molecule has 0 atom stereocenters. The lowest BCUT2D eigenvalue weighted by Crippen LogP contribution is -2.34. The number of hydrogen-bond acceptors (Lipinski definition) is 6. The van der Waals surface area contributed by atoms with E-state index in [4.69, 9.17) is 32.4 Å². The van der Waals surface area contributed by atoms with E-state index in [1.54, 1.807) is 30.3 Å². The van der Waals surface area contributed by atoms with Gasteiger partial charge in [0, 0.05) is 16.7 Å². The highest BCUT2D eigenvalue weighted by Gasteiger charge is 2.37. The molecule has 1 aliphatic rings. The predicted molar refractivity (Wildman–Crippen MR) is 113 cm³/mol. The van der Waals surface area contributed by atoms with E-state index in [2.05, 4.69) is 0 Å². The lowest BCUT2D eigenvalue weighted by atomic mass is 10.2. The summed E-state index contributed by atoms with van der Waals surface area (Å²) in [6, 6.07) is 8.38. The van der Waals surface area contributed by atoms with E-state index in [-0.39, 0.29) is 17.4 Å². The lowest BCUT2D eigenvalue weighted by Gasteiger charge is -2.12. The average Bonchev–Trinajstić information content (AvgIpc) is 3.20. The van der Waals surface area contributed by atoms with E-state index in [0.29, 0.717) is 27.1 Å². The maximum atomic E-state index is 12.5. The van der Waals surface area contributed by atoms with Crippen LogP contribution < -0.4 is 0 Å². The zero-order chi connectivity index (χ0) is 21.1. The number of thioether (sulfide) groups is 1. The summed E-state index contributed by atoms with van der Waals surface area (Å²) in [5, 5.41) is 0.403. The molecule has 0 N–H and O–H groups in total. The first-order valence-corrected chi connectivity index (χ1v) is 10.3. The number of rotatable bonds is 6. The van der Waals surface area contributed by atoms with E-state index >= 15 is 0 Å². The third-order valence-electron chi connectivity index (χ3n) is 3.84. The summed E-state index contributed by atoms with van der Waals surface area (Å²) in [4.78, 5) is 37.5. The second kappa shape index (κ2) is 9.07. The number of hydrogen-bond donors (Lipinski definition) is 0. The molecular formula is C20H17Cl2NO5S. The Kier molecular flexibility index (Phi) is 6.72. The number of halogens is 2. The summed E-state index contributed by atoms with van der Waals surface area (Å²) in [6.45, 7) is 3.60. The zero-order valence-corrected chi connectivity index (χ0v) is 17.9. The highest BCUT2D eigenvalue weighted by atomic mass is 35.5. The topological polar surface area (TPSA) is 76.8 Å². The van der Waals surface area contributed by atoms with Crippen LogP contribution in [-0.4, -0.2) is 35.2 Å². The lowest BCUT2D eigenvalue weighted by molar-refractivity contribution is -0.147. The van der Waals surface area contributed by atoms with Crippen molar-refractivity contribution in [2.75, 3.05) is 13.2 Å². The maximum Gasteiger partial charge on any atom is 0.326 e. The van der Waals surface area contributed by atoms with Crippen LogP contribution in [0.1, 0.15) is 19.6 Å². The molecule has 2 aromatic rings. The summed E-state index contributed by atoms with van der Waals surface area (Å²) in [5.74, 6) is -0.159. The van der Waals surface area contributed by atoms with Gasteiger partial charge in [0.2, 0.25) is 0 Å². The van der Waals surface area contributed by atoms with Crippen LogP contribution in [0.3, 0.4) is 0 Å². The SMILES string of the molecule is CC(C)COC(=O)CN1C(=O)S/C(=C/c2ccc(-c3ccc(Cl)cc3Cl)o2)C1=O. The Morgan fingerprint density at radius 1 is 1.24 bits per heavy atom. The van der Waals surface area contributed by atoms with Gasteiger partial charge in [-0.1, -0.05) is 37.0 Å². The van der Waals surface area contributed by atoms with E-state index in [0.717, 1.165) is 16.7 Å². The normalized spacial score (nSPS) is 15.6. The molecule has 2 heterocycles. The van der Waals surface area contributed by atoms with Gasteiger partial charge in [0.25, 0.3) is 11.1 Å². The molecule has 1 fully saturated rings. The van der Waals surface area contributed by atoms with Gasteiger partial charge in [-0.3, -0.25) is 19.3 Å². The molecule has 29 heavy (non-hydrogen) atoms. The summed E-state index contributed by atoms with van der Waals surface area (Å²) >= 11 is 12.8. The van der Waals surface area contributed by atoms with Crippen molar-refractivity contribution >= 4 is 58.2 Å². The van der Waals surface area contributed by atoms with Crippen molar-refractivity contribution in [2.24, 2.45) is 5.92 Å². The van der Waals surface area contributed by atoms with Crippen LogP contribution in [0.25, 0.3) is 17.4 Å². The number of carbonyl (C=O) groups excluding carboxylic acids is 3. The Morgan fingerprint density at radius 3 is 2.69 bits per heavy atom. The minimum Gasteiger partial charge on any atom is -0.464 e. The fourth-order valence-electron chi connectivity index (χ4n) is 2.46. The Hall–Kier alpha value is -2.22. The molecule has 0 bridgehead atoms. The van der Waals surface area contributed by atoms with Gasteiger partial charge < -0.3 is 9.15 Å². The quantitative estimate of drug-likeness (QED) is 0.425. The van der Waals surface area contributed by atoms with Gasteiger partial charge in [-0.25, -0.2) is 0 Å². The molecule has 1 saturated heterocycles. The predicted octanol–water partition coefficient (Wildman–Crippen LogP) is 5.49. The van der Waals surface area contributed by atoms with Gasteiger partial charge in [-0.05, 0) is 48.0 Å². The minimum atomic E-state index is -0.625. The number of carbonyl (C=O) groups is 3. The summed E-state index contributed by atoms with van der Waals surface area (Å²) in [7, 11) is 0. The van der Waals surface area contributed by atoms with Gasteiger partial charge in [0.1, 0.15) is 18.1 Å². The molecule has 1 aliphatic heterocycles. The van der Waals surface area contributed by atoms with Gasteiger partial charge in [0.15, 0.2) is 0 Å². The summed E-state index contributed by atoms with van der Waals surface area (Å²) < 4.78 is 10.8. The average molecular weight is 454 g/mol. The number of amides is 2. The Balaban J connectivity index is 1.73. The number of nitrogens with zero attached hydrogens (tertiary/aromatic N) is 1. The fraction of sp³-hybridized carbons (Fsp3) is 0.250. The second-order valence-electron chi connectivity index (χ2n) is 6.67. The van der Waals surface area contributed by atoms with Crippen LogP contribution in [0.2, 0.25) is 10.0 Å². The fourth-order valence-corrected chi connectivity index (χ4v) is 3.78. The molecule has 6 nitrogen and oxygen atoms in total. The standard InChI is InChI=1S/C20H17Cl2NO5S/c1-11(2)10-27-18(24)9-23-19(25)17(29-20(23)26)8-13-4-6-16(28-13)14-5-3-12(21)7-15(14)22/h3-8,11H,9-10H2,1-2H3/b17-8+. The molecular weight excluding hydrogens is 437 g/mol. The van der Waals surface area contributed by atoms with Crippen LogP contribution in [0.5, 0.6) is 0 Å². The van der Waals surface area contributed by atoms with E-state index < -0.39 is 23.7 Å². The Labute approximate surface area is 181 Å². The first-order chi connectivity index (χ1) is 13.7. The second-order valence-corrected chi connectivity index (χ2v) is 8.51. The number of esters is 1. The van der Waals surface area contributed by atoms with Gasteiger partial charge in [-0.15, -0.1) is 0 Å². The molecule has 9 heteroatoms. The third kappa shape index (κ3) is 5.23. The van der Waals surface area contributed by atoms with Crippen LogP contribution in [0.15, 0.2) is 39.7 Å². The number of benzene rings is 1. The van der Waals surface area contributed by atoms with Crippen LogP contribution in [0.4, 0.5) is 4.79 Å². The van der Waals surface area contributed by atoms with Gasteiger partial charge in [-0.2, -0.15) is 0 Å². The molecule has 0 spiro atoms. The molecule has 0 aliphatic carbocycles. The third-order valence-corrected chi connectivity index (χ3v) is 5.29. The number of imide groups is 1. The number of furan rings is 1. The van der Waals surface area contributed by atoms with E-state index in [1.165, 1.54) is 6.08 Å². The highest BCUT2D eigenvalue weighted by molar-refractivity contribution is 8.18. The van der Waals surface area contributed by atoms with Crippen molar-refractivity contribution in [3.05, 3.63) is 51.0 Å². The van der Waals surface area contributed by atoms with Crippen molar-refractivity contribution in [1.82, 2.24) is 4.90 Å². The van der Waals surface area contributed by atoms with E-state index in [1.807, 2.05) is 13.8 Å². The maximum absolute atomic E-state index is 12.5. The molecule has 1 aromatic heterocycles. The van der Waals surface area contributed by atoms with Crippen LogP contribution in [-0.2, 0) is 14.3 Å². The molecule has 152 valence electrons. The minimum absolute atomic E-state index is 0.162. The van der Waals surface area contributed by atoms with Crippen molar-refractivity contribution in [3.8, 4) is 11.3 Å². The van der Waals surface area contributed by atoms with Crippen molar-refractivity contribution in [2.45, 2.75) is 13.8 Å². The van der Waals surface area contributed by atoms with Crippen LogP contribution in [0, 0.1) is 5.92 Å². The molecule has 1 aromatic carbocycles. The van der Waals surface area contributed by atoms with Crippen molar-refractivity contribution < 1.29 is 23.5 Å². The van der Waals surface area contributed by atoms with Crippen molar-refractivity contribution in [1.29, 1.82) is 0 Å². The molecule has 0 saturated carbocycles. The Bertz CT molecular complexity index is 999. The van der Waals surface area contributed by atoms with E-state index in [9.17, 15) is 14.4 Å². The smallest absolute Gasteiger partial charge is 0.326 e. The molecule has 0 unspecified atom stereocenters. The van der Waals surface area contributed by atoms with Crippen LogP contribution >= 0.6 is 35.0 Å². The largest absolute Gasteiger partial charge is 0.464 e. The molecule has 3 rings (SSSR count). The molecule has 2 amide bonds. The highest BCUT2D eigenvalue weighted by Crippen LogP contribution is 2.35. The summed E-state index contributed by atoms with van der Waals surface area (Å²) in [5.41, 5.74) is 0.650.